The highest BCUT2D eigenvalue weighted by molar-refractivity contribution is 6.07. The van der Waals surface area contributed by atoms with E-state index in [1.807, 2.05) is 18.2 Å². The second-order valence-electron chi connectivity index (χ2n) is 6.49. The Bertz CT molecular complexity index is 1030. The first kappa shape index (κ1) is 17.7. The van der Waals surface area contributed by atoms with Crippen LogP contribution in [-0.4, -0.2) is 30.5 Å². The average Bonchev–Trinajstić information content (AvgIpc) is 3.17. The van der Waals surface area contributed by atoms with Gasteiger partial charge in [-0.25, -0.2) is 4.79 Å². The van der Waals surface area contributed by atoms with Crippen LogP contribution in [0.1, 0.15) is 26.3 Å². The molecule has 2 aromatic carbocycles. The van der Waals surface area contributed by atoms with Crippen molar-refractivity contribution in [3.05, 3.63) is 83.7 Å². The Morgan fingerprint density at radius 3 is 2.57 bits per heavy atom. The molecule has 0 radical (unpaired) electrons. The molecule has 0 aliphatic carbocycles. The molecule has 1 aliphatic rings. The Labute approximate surface area is 162 Å². The van der Waals surface area contributed by atoms with Crippen molar-refractivity contribution >= 4 is 28.9 Å². The van der Waals surface area contributed by atoms with Crippen molar-refractivity contribution in [1.82, 2.24) is 4.98 Å². The monoisotopic (exact) mass is 373 g/mol. The fourth-order valence-electron chi connectivity index (χ4n) is 3.30. The third-order valence-corrected chi connectivity index (χ3v) is 4.71. The number of carbonyl (C=O) groups excluding carboxylic acids is 2. The number of rotatable bonds is 4. The fraction of sp³-hybridized carbons (Fsp3) is 0.136. The number of carbonyl (C=O) groups is 2. The fourth-order valence-corrected chi connectivity index (χ4v) is 3.30. The van der Waals surface area contributed by atoms with Crippen LogP contribution >= 0.6 is 0 Å². The van der Waals surface area contributed by atoms with Gasteiger partial charge in [-0.05, 0) is 48.4 Å². The summed E-state index contributed by atoms with van der Waals surface area (Å²) < 4.78 is 4.70. The van der Waals surface area contributed by atoms with E-state index in [-0.39, 0.29) is 11.9 Å². The lowest BCUT2D eigenvalue weighted by Gasteiger charge is -2.17. The minimum Gasteiger partial charge on any atom is -0.465 e. The molecule has 6 heteroatoms. The SMILES string of the molecule is COC(=O)c1ccc(Nc2cncc(C(=O)N3CCc4ccccc43)c2)cc1. The van der Waals surface area contributed by atoms with E-state index in [9.17, 15) is 9.59 Å². The van der Waals surface area contributed by atoms with E-state index in [1.165, 1.54) is 12.7 Å². The second kappa shape index (κ2) is 7.52. The number of methoxy groups -OCH3 is 1. The number of aromatic nitrogens is 1. The predicted octanol–water partition coefficient (Wildman–Crippen LogP) is 3.81. The van der Waals surface area contributed by atoms with E-state index < -0.39 is 0 Å². The van der Waals surface area contributed by atoms with E-state index in [4.69, 9.17) is 4.74 Å². The number of fused-ring (bicyclic) bond motifs is 1. The molecule has 0 atom stereocenters. The zero-order valence-electron chi connectivity index (χ0n) is 15.4. The molecule has 3 aromatic rings. The lowest BCUT2D eigenvalue weighted by molar-refractivity contribution is 0.0600. The first-order valence-corrected chi connectivity index (χ1v) is 8.96. The second-order valence-corrected chi connectivity index (χ2v) is 6.49. The molecule has 0 unspecified atom stereocenters. The lowest BCUT2D eigenvalue weighted by atomic mass is 10.1. The standard InChI is InChI=1S/C22H19N3O3/c1-28-22(27)16-6-8-18(9-7-16)24-19-12-17(13-23-14-19)21(26)25-11-10-15-4-2-3-5-20(15)25/h2-9,12-14,24H,10-11H2,1H3. The molecule has 4 rings (SSSR count). The predicted molar refractivity (Wildman–Crippen MR) is 107 cm³/mol. The van der Waals surface area contributed by atoms with Crippen molar-refractivity contribution in [2.75, 3.05) is 23.9 Å². The Morgan fingerprint density at radius 1 is 1.00 bits per heavy atom. The number of nitrogens with zero attached hydrogens (tertiary/aromatic N) is 2. The van der Waals surface area contributed by atoms with E-state index in [1.54, 1.807) is 47.6 Å². The number of ether oxygens (including phenoxy) is 1. The largest absolute Gasteiger partial charge is 0.465 e. The first-order chi connectivity index (χ1) is 13.7. The maximum atomic E-state index is 13.0. The van der Waals surface area contributed by atoms with Crippen LogP contribution in [0.2, 0.25) is 0 Å². The number of para-hydroxylation sites is 1. The molecule has 6 nitrogen and oxygen atoms in total. The minimum absolute atomic E-state index is 0.0675. The van der Waals surface area contributed by atoms with Crippen LogP contribution in [0, 0.1) is 0 Å². The summed E-state index contributed by atoms with van der Waals surface area (Å²) in [6, 6.07) is 16.6. The highest BCUT2D eigenvalue weighted by Crippen LogP contribution is 2.29. The van der Waals surface area contributed by atoms with E-state index >= 15 is 0 Å². The van der Waals surface area contributed by atoms with Crippen molar-refractivity contribution < 1.29 is 14.3 Å². The van der Waals surface area contributed by atoms with Gasteiger partial charge in [0.15, 0.2) is 0 Å². The molecule has 0 fully saturated rings. The Kier molecular flexibility index (Phi) is 4.76. The summed E-state index contributed by atoms with van der Waals surface area (Å²) in [5.74, 6) is -0.450. The lowest BCUT2D eigenvalue weighted by Crippen LogP contribution is -2.29. The van der Waals surface area contributed by atoms with Crippen LogP contribution in [0.3, 0.4) is 0 Å². The van der Waals surface area contributed by atoms with Crippen LogP contribution < -0.4 is 10.2 Å². The smallest absolute Gasteiger partial charge is 0.337 e. The number of benzene rings is 2. The Balaban J connectivity index is 1.52. The zero-order valence-corrected chi connectivity index (χ0v) is 15.4. The van der Waals surface area contributed by atoms with Crippen molar-refractivity contribution in [3.63, 3.8) is 0 Å². The van der Waals surface area contributed by atoms with Crippen LogP contribution in [-0.2, 0) is 11.2 Å². The van der Waals surface area contributed by atoms with Gasteiger partial charge in [0, 0.05) is 24.1 Å². The van der Waals surface area contributed by atoms with Crippen LogP contribution in [0.15, 0.2) is 67.0 Å². The van der Waals surface area contributed by atoms with Gasteiger partial charge in [-0.2, -0.15) is 0 Å². The zero-order chi connectivity index (χ0) is 19.5. The number of hydrogen-bond acceptors (Lipinski definition) is 5. The molecule has 1 N–H and O–H groups in total. The molecule has 0 bridgehead atoms. The van der Waals surface area contributed by atoms with Crippen LogP contribution in [0.5, 0.6) is 0 Å². The molecule has 28 heavy (non-hydrogen) atoms. The molecular formula is C22H19N3O3. The minimum atomic E-state index is -0.383. The molecule has 1 aliphatic heterocycles. The highest BCUT2D eigenvalue weighted by atomic mass is 16.5. The van der Waals surface area contributed by atoms with Crippen molar-refractivity contribution in [3.8, 4) is 0 Å². The summed E-state index contributed by atoms with van der Waals surface area (Å²) in [6.45, 7) is 0.671. The number of pyridine rings is 1. The quantitative estimate of drug-likeness (QED) is 0.704. The van der Waals surface area contributed by atoms with Crippen LogP contribution in [0.4, 0.5) is 17.1 Å². The maximum absolute atomic E-state index is 13.0. The molecular weight excluding hydrogens is 354 g/mol. The number of hydrogen-bond donors (Lipinski definition) is 1. The summed E-state index contributed by atoms with van der Waals surface area (Å²) >= 11 is 0. The number of esters is 1. The maximum Gasteiger partial charge on any atom is 0.337 e. The van der Waals surface area contributed by atoms with Gasteiger partial charge in [-0.3, -0.25) is 9.78 Å². The van der Waals surface area contributed by atoms with Crippen molar-refractivity contribution in [1.29, 1.82) is 0 Å². The topological polar surface area (TPSA) is 71.5 Å². The van der Waals surface area contributed by atoms with Gasteiger partial charge in [-0.1, -0.05) is 18.2 Å². The highest BCUT2D eigenvalue weighted by Gasteiger charge is 2.25. The third kappa shape index (κ3) is 3.44. The third-order valence-electron chi connectivity index (χ3n) is 4.71. The molecule has 1 amide bonds. The van der Waals surface area contributed by atoms with Gasteiger partial charge in [0.1, 0.15) is 0 Å². The summed E-state index contributed by atoms with van der Waals surface area (Å²) in [5.41, 5.74) is 4.62. The summed E-state index contributed by atoms with van der Waals surface area (Å²) in [7, 11) is 1.35. The van der Waals surface area contributed by atoms with Crippen molar-refractivity contribution in [2.45, 2.75) is 6.42 Å². The first-order valence-electron chi connectivity index (χ1n) is 8.96. The van der Waals surface area contributed by atoms with Gasteiger partial charge in [0.05, 0.1) is 30.1 Å². The van der Waals surface area contributed by atoms with Gasteiger partial charge < -0.3 is 15.0 Å². The van der Waals surface area contributed by atoms with Gasteiger partial charge in [-0.15, -0.1) is 0 Å². The molecule has 0 saturated carbocycles. The summed E-state index contributed by atoms with van der Waals surface area (Å²) in [5, 5.41) is 3.21. The molecule has 1 aromatic heterocycles. The number of nitrogens with one attached hydrogen (secondary N) is 1. The Morgan fingerprint density at radius 2 is 1.79 bits per heavy atom. The van der Waals surface area contributed by atoms with Crippen LogP contribution in [0.25, 0.3) is 0 Å². The summed E-state index contributed by atoms with van der Waals surface area (Å²) in [4.78, 5) is 30.5. The van der Waals surface area contributed by atoms with Crippen molar-refractivity contribution in [2.24, 2.45) is 0 Å². The van der Waals surface area contributed by atoms with E-state index in [2.05, 4.69) is 16.4 Å². The normalized spacial score (nSPS) is 12.4. The molecule has 0 saturated heterocycles. The van der Waals surface area contributed by atoms with Gasteiger partial charge in [0.25, 0.3) is 5.91 Å². The number of anilines is 3. The average molecular weight is 373 g/mol. The van der Waals surface area contributed by atoms with Gasteiger partial charge in [0.2, 0.25) is 0 Å². The molecule has 2 heterocycles. The van der Waals surface area contributed by atoms with Gasteiger partial charge >= 0.3 is 5.97 Å². The number of amides is 1. The molecule has 0 spiro atoms. The molecule has 140 valence electrons. The van der Waals surface area contributed by atoms with E-state index in [0.29, 0.717) is 23.4 Å². The Hall–Kier alpha value is -3.67. The summed E-state index contributed by atoms with van der Waals surface area (Å²) in [6.07, 6.45) is 4.09. The van der Waals surface area contributed by atoms with E-state index in [0.717, 1.165) is 17.8 Å².